The van der Waals surface area contributed by atoms with Crippen LogP contribution in [0.25, 0.3) is 0 Å². The van der Waals surface area contributed by atoms with Crippen molar-refractivity contribution >= 4 is 15.8 Å². The molecule has 0 unspecified atom stereocenters. The van der Waals surface area contributed by atoms with E-state index < -0.39 is 10.1 Å². The monoisotopic (exact) mass is 215 g/mol. The summed E-state index contributed by atoms with van der Waals surface area (Å²) in [6.45, 7) is 1.93. The van der Waals surface area contributed by atoms with Crippen molar-refractivity contribution in [3.05, 3.63) is 23.8 Å². The summed E-state index contributed by atoms with van der Waals surface area (Å²) in [6.07, 6.45) is 1.38. The van der Waals surface area contributed by atoms with Gasteiger partial charge in [-0.2, -0.15) is 8.42 Å². The predicted molar refractivity (Wildman–Crippen MR) is 54.7 cm³/mol. The van der Waals surface area contributed by atoms with Crippen molar-refractivity contribution in [2.75, 3.05) is 5.73 Å². The van der Waals surface area contributed by atoms with Crippen LogP contribution in [0.15, 0.2) is 23.1 Å². The second-order valence-electron chi connectivity index (χ2n) is 3.09. The quantitative estimate of drug-likeness (QED) is 0.591. The molecular formula is C9H13NO3S. The maximum Gasteiger partial charge on any atom is 0.294 e. The molecular weight excluding hydrogens is 202 g/mol. The molecule has 0 amide bonds. The molecule has 0 heterocycles. The Hall–Kier alpha value is -1.07. The molecule has 0 radical (unpaired) electrons. The fourth-order valence-corrected chi connectivity index (χ4v) is 2.05. The molecule has 0 fully saturated rings. The first kappa shape index (κ1) is 11.0. The lowest BCUT2D eigenvalue weighted by Gasteiger charge is -2.06. The van der Waals surface area contributed by atoms with Gasteiger partial charge in [0.15, 0.2) is 0 Å². The normalized spacial score (nSPS) is 11.6. The smallest absolute Gasteiger partial charge is 0.294 e. The Labute approximate surface area is 83.5 Å². The third-order valence-corrected chi connectivity index (χ3v) is 2.84. The molecule has 4 nitrogen and oxygen atoms in total. The first-order valence-electron chi connectivity index (χ1n) is 4.31. The van der Waals surface area contributed by atoms with Crippen molar-refractivity contribution in [1.82, 2.24) is 0 Å². The van der Waals surface area contributed by atoms with Gasteiger partial charge in [-0.1, -0.05) is 13.3 Å². The summed E-state index contributed by atoms with van der Waals surface area (Å²) in [4.78, 5) is -0.0476. The van der Waals surface area contributed by atoms with Gasteiger partial charge in [0.2, 0.25) is 0 Å². The Morgan fingerprint density at radius 1 is 1.43 bits per heavy atom. The maximum atomic E-state index is 11.0. The fraction of sp³-hybridized carbons (Fsp3) is 0.333. The molecule has 78 valence electrons. The van der Waals surface area contributed by atoms with Crippen LogP contribution in [0.3, 0.4) is 0 Å². The second-order valence-corrected chi connectivity index (χ2v) is 4.48. The fourth-order valence-electron chi connectivity index (χ4n) is 1.32. The van der Waals surface area contributed by atoms with Crippen molar-refractivity contribution < 1.29 is 13.0 Å². The molecule has 1 aromatic rings. The number of hydrogen-bond donors (Lipinski definition) is 2. The van der Waals surface area contributed by atoms with Gasteiger partial charge in [-0.25, -0.2) is 0 Å². The van der Waals surface area contributed by atoms with Gasteiger partial charge >= 0.3 is 0 Å². The van der Waals surface area contributed by atoms with Gasteiger partial charge in [0.05, 0.1) is 4.90 Å². The number of aryl methyl sites for hydroxylation is 1. The van der Waals surface area contributed by atoms with Crippen molar-refractivity contribution in [3.8, 4) is 0 Å². The summed E-state index contributed by atoms with van der Waals surface area (Å²) in [6, 6.07) is 4.37. The van der Waals surface area contributed by atoms with Crippen LogP contribution in [-0.4, -0.2) is 13.0 Å². The zero-order chi connectivity index (χ0) is 10.8. The molecule has 14 heavy (non-hydrogen) atoms. The number of nitrogen functional groups attached to an aromatic ring is 1. The lowest BCUT2D eigenvalue weighted by Crippen LogP contribution is -2.04. The highest BCUT2D eigenvalue weighted by atomic mass is 32.2. The Kier molecular flexibility index (Phi) is 3.13. The zero-order valence-electron chi connectivity index (χ0n) is 7.90. The first-order valence-corrected chi connectivity index (χ1v) is 5.75. The highest BCUT2D eigenvalue weighted by molar-refractivity contribution is 7.85. The van der Waals surface area contributed by atoms with Crippen LogP contribution in [0.5, 0.6) is 0 Å². The van der Waals surface area contributed by atoms with Gasteiger partial charge in [0.25, 0.3) is 10.1 Å². The van der Waals surface area contributed by atoms with Gasteiger partial charge in [-0.05, 0) is 30.2 Å². The average molecular weight is 215 g/mol. The number of benzene rings is 1. The van der Waals surface area contributed by atoms with Crippen LogP contribution >= 0.6 is 0 Å². The maximum absolute atomic E-state index is 11.0. The van der Waals surface area contributed by atoms with Gasteiger partial charge in [-0.15, -0.1) is 0 Å². The number of rotatable bonds is 3. The summed E-state index contributed by atoms with van der Waals surface area (Å²) >= 11 is 0. The van der Waals surface area contributed by atoms with Crippen molar-refractivity contribution in [2.24, 2.45) is 0 Å². The minimum atomic E-state index is -4.13. The summed E-state index contributed by atoms with van der Waals surface area (Å²) in [5.41, 5.74) is 6.59. The second kappa shape index (κ2) is 3.98. The van der Waals surface area contributed by atoms with Crippen LogP contribution in [0, 0.1) is 0 Å². The lowest BCUT2D eigenvalue weighted by molar-refractivity contribution is 0.482. The number of nitrogens with two attached hydrogens (primary N) is 1. The van der Waals surface area contributed by atoms with E-state index >= 15 is 0 Å². The average Bonchev–Trinajstić information content (AvgIpc) is 2.02. The SMILES string of the molecule is CCCc1cc(N)ccc1S(=O)(=O)O. The largest absolute Gasteiger partial charge is 0.399 e. The summed E-state index contributed by atoms with van der Waals surface area (Å²) in [7, 11) is -4.13. The van der Waals surface area contributed by atoms with Crippen molar-refractivity contribution in [2.45, 2.75) is 24.7 Å². The topological polar surface area (TPSA) is 80.4 Å². The highest BCUT2D eigenvalue weighted by Crippen LogP contribution is 2.19. The third kappa shape index (κ3) is 2.46. The summed E-state index contributed by atoms with van der Waals surface area (Å²) < 4.78 is 30.8. The predicted octanol–water partition coefficient (Wildman–Crippen LogP) is 1.47. The third-order valence-electron chi connectivity index (χ3n) is 1.88. The molecule has 0 saturated heterocycles. The minimum Gasteiger partial charge on any atom is -0.399 e. The first-order chi connectivity index (χ1) is 6.45. The van der Waals surface area contributed by atoms with E-state index in [2.05, 4.69) is 0 Å². The Morgan fingerprint density at radius 3 is 2.57 bits per heavy atom. The Balaban J connectivity index is 3.29. The lowest BCUT2D eigenvalue weighted by atomic mass is 10.1. The molecule has 0 aromatic heterocycles. The van der Waals surface area contributed by atoms with Gasteiger partial charge in [-0.3, -0.25) is 4.55 Å². The van der Waals surface area contributed by atoms with Crippen LogP contribution in [0.4, 0.5) is 5.69 Å². The molecule has 3 N–H and O–H groups in total. The van der Waals surface area contributed by atoms with E-state index in [1.807, 2.05) is 6.92 Å². The van der Waals surface area contributed by atoms with Crippen molar-refractivity contribution in [1.29, 1.82) is 0 Å². The Bertz CT molecular complexity index is 426. The molecule has 0 spiro atoms. The molecule has 0 bridgehead atoms. The van der Waals surface area contributed by atoms with Crippen molar-refractivity contribution in [3.63, 3.8) is 0 Å². The van der Waals surface area contributed by atoms with E-state index in [1.165, 1.54) is 12.1 Å². The highest BCUT2D eigenvalue weighted by Gasteiger charge is 2.14. The zero-order valence-corrected chi connectivity index (χ0v) is 8.71. The molecule has 0 aliphatic heterocycles. The van der Waals surface area contributed by atoms with E-state index in [1.54, 1.807) is 6.07 Å². The van der Waals surface area contributed by atoms with Crippen LogP contribution < -0.4 is 5.73 Å². The summed E-state index contributed by atoms with van der Waals surface area (Å²) in [5.74, 6) is 0. The molecule has 1 aromatic carbocycles. The molecule has 0 aliphatic carbocycles. The summed E-state index contributed by atoms with van der Waals surface area (Å²) in [5, 5.41) is 0. The van der Waals surface area contributed by atoms with Gasteiger partial charge in [0.1, 0.15) is 0 Å². The standard InChI is InChI=1S/C9H13NO3S/c1-2-3-7-6-8(10)4-5-9(7)14(11,12)13/h4-6H,2-3,10H2,1H3,(H,11,12,13). The number of hydrogen-bond acceptors (Lipinski definition) is 3. The molecule has 0 saturated carbocycles. The van der Waals surface area contributed by atoms with E-state index in [0.717, 1.165) is 6.42 Å². The van der Waals surface area contributed by atoms with E-state index in [4.69, 9.17) is 10.3 Å². The van der Waals surface area contributed by atoms with E-state index in [9.17, 15) is 8.42 Å². The molecule has 5 heteroatoms. The van der Waals surface area contributed by atoms with Gasteiger partial charge in [0, 0.05) is 5.69 Å². The van der Waals surface area contributed by atoms with Gasteiger partial charge < -0.3 is 5.73 Å². The molecule has 0 atom stereocenters. The van der Waals surface area contributed by atoms with Crippen LogP contribution in [-0.2, 0) is 16.5 Å². The number of anilines is 1. The molecule has 0 aliphatic rings. The van der Waals surface area contributed by atoms with Crippen LogP contribution in [0.1, 0.15) is 18.9 Å². The minimum absolute atomic E-state index is 0.0476. The Morgan fingerprint density at radius 2 is 2.07 bits per heavy atom. The van der Waals surface area contributed by atoms with Crippen LogP contribution in [0.2, 0.25) is 0 Å². The molecule has 1 rings (SSSR count). The van der Waals surface area contributed by atoms with E-state index in [0.29, 0.717) is 17.7 Å². The van der Waals surface area contributed by atoms with E-state index in [-0.39, 0.29) is 4.90 Å².